The quantitative estimate of drug-likeness (QED) is 0.688. The predicted octanol–water partition coefficient (Wildman–Crippen LogP) is 5.31. The van der Waals surface area contributed by atoms with Gasteiger partial charge in [-0.3, -0.25) is 0 Å². The Bertz CT molecular complexity index is 830. The average molecular weight is 395 g/mol. The van der Waals surface area contributed by atoms with Gasteiger partial charge in [0, 0.05) is 20.0 Å². The summed E-state index contributed by atoms with van der Waals surface area (Å²) in [5, 5.41) is 0. The van der Waals surface area contributed by atoms with Crippen molar-refractivity contribution in [2.45, 2.75) is 50.2 Å². The number of carbonyl (C=O) groups is 1. The van der Waals surface area contributed by atoms with Crippen molar-refractivity contribution in [2.75, 3.05) is 20.7 Å². The highest BCUT2D eigenvalue weighted by atomic mass is 16.6. The molecule has 29 heavy (non-hydrogen) atoms. The summed E-state index contributed by atoms with van der Waals surface area (Å²) in [6, 6.07) is 16.6. The Morgan fingerprint density at radius 3 is 2.38 bits per heavy atom. The number of ether oxygens (including phenoxy) is 3. The van der Waals surface area contributed by atoms with Crippen LogP contribution in [-0.4, -0.2) is 37.8 Å². The maximum absolute atomic E-state index is 11.9. The van der Waals surface area contributed by atoms with Gasteiger partial charge in [0.2, 0.25) is 0 Å². The van der Waals surface area contributed by atoms with E-state index in [1.54, 1.807) is 19.1 Å². The summed E-state index contributed by atoms with van der Waals surface area (Å²) in [5.74, 6) is 2.07. The lowest BCUT2D eigenvalue weighted by molar-refractivity contribution is 0.0321. The van der Waals surface area contributed by atoms with Gasteiger partial charge in [0.15, 0.2) is 11.5 Å². The number of carbonyl (C=O) groups excluding carboxylic acids is 1. The minimum Gasteiger partial charge on any atom is -0.493 e. The van der Waals surface area contributed by atoms with Crippen molar-refractivity contribution in [3.8, 4) is 11.5 Å². The van der Waals surface area contributed by atoms with Crippen LogP contribution >= 0.6 is 0 Å². The Labute approximate surface area is 172 Å². The third-order valence-corrected chi connectivity index (χ3v) is 6.08. The predicted molar refractivity (Wildman–Crippen MR) is 112 cm³/mol. The van der Waals surface area contributed by atoms with Gasteiger partial charge in [0.1, 0.15) is 6.10 Å². The molecule has 1 amide bonds. The highest BCUT2D eigenvalue weighted by molar-refractivity contribution is 5.68. The fourth-order valence-electron chi connectivity index (χ4n) is 4.31. The zero-order valence-electron chi connectivity index (χ0n) is 17.2. The van der Waals surface area contributed by atoms with Gasteiger partial charge in [-0.25, -0.2) is 4.79 Å². The lowest BCUT2D eigenvalue weighted by Gasteiger charge is -2.31. The second-order valence-electron chi connectivity index (χ2n) is 8.00. The highest BCUT2D eigenvalue weighted by Gasteiger charge is 2.28. The summed E-state index contributed by atoms with van der Waals surface area (Å²) in [4.78, 5) is 13.5. The second kappa shape index (κ2) is 8.76. The molecule has 154 valence electrons. The average Bonchev–Trinajstić information content (AvgIpc) is 2.77. The molecule has 0 aromatic heterocycles. The van der Waals surface area contributed by atoms with Crippen LogP contribution in [0.1, 0.15) is 55.3 Å². The molecule has 2 fully saturated rings. The van der Waals surface area contributed by atoms with E-state index in [0.29, 0.717) is 12.5 Å². The first kappa shape index (κ1) is 19.6. The van der Waals surface area contributed by atoms with Gasteiger partial charge in [0.05, 0.1) is 13.2 Å². The van der Waals surface area contributed by atoms with E-state index in [2.05, 4.69) is 30.3 Å². The summed E-state index contributed by atoms with van der Waals surface area (Å²) < 4.78 is 17.4. The first-order valence-corrected chi connectivity index (χ1v) is 10.5. The molecule has 2 aromatic rings. The lowest BCUT2D eigenvalue weighted by Crippen LogP contribution is -2.35. The van der Waals surface area contributed by atoms with Crippen molar-refractivity contribution in [3.05, 3.63) is 59.7 Å². The molecule has 0 radical (unpaired) electrons. The summed E-state index contributed by atoms with van der Waals surface area (Å²) in [6.45, 7) is 0.690. The van der Waals surface area contributed by atoms with E-state index >= 15 is 0 Å². The smallest absolute Gasteiger partial charge is 0.410 e. The van der Waals surface area contributed by atoms with E-state index in [0.717, 1.165) is 49.2 Å². The standard InChI is InChI=1S/C24H29NO4/c1-25-15-14-21(29-24(25)26)19-10-13-22(27-2)23(16-19)28-20-11-8-18(9-12-20)17-6-4-3-5-7-17/h3-7,10,13,16,18,20-21H,8-9,11-12,14-15H2,1-2H3/t18-,20-,21?. The summed E-state index contributed by atoms with van der Waals surface area (Å²) in [5.41, 5.74) is 2.38. The molecule has 1 saturated carbocycles. The van der Waals surface area contributed by atoms with Crippen molar-refractivity contribution < 1.29 is 19.0 Å². The molecule has 1 aliphatic carbocycles. The van der Waals surface area contributed by atoms with Gasteiger partial charge in [0.25, 0.3) is 0 Å². The molecule has 1 heterocycles. The van der Waals surface area contributed by atoms with Crippen molar-refractivity contribution in [3.63, 3.8) is 0 Å². The monoisotopic (exact) mass is 395 g/mol. The number of nitrogens with zero attached hydrogens (tertiary/aromatic N) is 1. The van der Waals surface area contributed by atoms with E-state index in [9.17, 15) is 4.79 Å². The Morgan fingerprint density at radius 1 is 0.931 bits per heavy atom. The molecule has 1 unspecified atom stereocenters. The van der Waals surface area contributed by atoms with Crippen LogP contribution in [0.4, 0.5) is 4.79 Å². The Morgan fingerprint density at radius 2 is 1.69 bits per heavy atom. The van der Waals surface area contributed by atoms with Crippen LogP contribution in [0.3, 0.4) is 0 Å². The Balaban J connectivity index is 1.42. The molecular formula is C24H29NO4. The highest BCUT2D eigenvalue weighted by Crippen LogP contribution is 2.38. The first-order valence-electron chi connectivity index (χ1n) is 10.5. The SMILES string of the molecule is COc1ccc(C2CCN(C)C(=O)O2)cc1O[C@H]1CC[C@H](c2ccccc2)CC1. The maximum Gasteiger partial charge on any atom is 0.410 e. The van der Waals surface area contributed by atoms with Gasteiger partial charge in [-0.15, -0.1) is 0 Å². The molecule has 1 aliphatic heterocycles. The van der Waals surface area contributed by atoms with Crippen LogP contribution < -0.4 is 9.47 Å². The van der Waals surface area contributed by atoms with Crippen LogP contribution in [0.5, 0.6) is 11.5 Å². The van der Waals surface area contributed by atoms with Crippen molar-refractivity contribution >= 4 is 6.09 Å². The van der Waals surface area contributed by atoms with E-state index in [1.165, 1.54) is 5.56 Å². The summed E-state index contributed by atoms with van der Waals surface area (Å²) >= 11 is 0. The Kier molecular flexibility index (Phi) is 5.93. The summed E-state index contributed by atoms with van der Waals surface area (Å²) in [6.07, 6.45) is 4.74. The van der Waals surface area contributed by atoms with Gasteiger partial charge < -0.3 is 19.1 Å². The van der Waals surface area contributed by atoms with E-state index in [1.807, 2.05) is 18.2 Å². The molecule has 5 heteroatoms. The first-order chi connectivity index (χ1) is 14.1. The molecule has 4 rings (SSSR count). The van der Waals surface area contributed by atoms with Crippen LogP contribution in [-0.2, 0) is 4.74 Å². The number of methoxy groups -OCH3 is 1. The largest absolute Gasteiger partial charge is 0.493 e. The van der Waals surface area contributed by atoms with E-state index < -0.39 is 0 Å². The van der Waals surface area contributed by atoms with Gasteiger partial charge in [-0.1, -0.05) is 36.4 Å². The normalized spacial score (nSPS) is 24.7. The number of amides is 1. The number of hydrogen-bond donors (Lipinski definition) is 0. The number of cyclic esters (lactones) is 1. The van der Waals surface area contributed by atoms with Crippen molar-refractivity contribution in [1.82, 2.24) is 4.90 Å². The number of rotatable bonds is 5. The maximum atomic E-state index is 11.9. The molecule has 0 bridgehead atoms. The van der Waals surface area contributed by atoms with Crippen LogP contribution in [0.25, 0.3) is 0 Å². The molecule has 2 aliphatic rings. The van der Waals surface area contributed by atoms with Crippen LogP contribution in [0, 0.1) is 0 Å². The zero-order chi connectivity index (χ0) is 20.2. The fourth-order valence-corrected chi connectivity index (χ4v) is 4.31. The van der Waals surface area contributed by atoms with Gasteiger partial charge in [-0.05, 0) is 54.9 Å². The zero-order valence-corrected chi connectivity index (χ0v) is 17.2. The van der Waals surface area contributed by atoms with Gasteiger partial charge in [-0.2, -0.15) is 0 Å². The minimum atomic E-state index is -0.279. The molecular weight excluding hydrogens is 366 g/mol. The topological polar surface area (TPSA) is 48.0 Å². The Hall–Kier alpha value is -2.69. The van der Waals surface area contributed by atoms with E-state index in [4.69, 9.17) is 14.2 Å². The molecule has 5 nitrogen and oxygen atoms in total. The number of hydrogen-bond acceptors (Lipinski definition) is 4. The van der Waals surface area contributed by atoms with Crippen molar-refractivity contribution in [2.24, 2.45) is 0 Å². The molecule has 1 saturated heterocycles. The van der Waals surface area contributed by atoms with Crippen molar-refractivity contribution in [1.29, 1.82) is 0 Å². The molecule has 1 atom stereocenters. The number of benzene rings is 2. The summed E-state index contributed by atoms with van der Waals surface area (Å²) in [7, 11) is 3.41. The van der Waals surface area contributed by atoms with Crippen LogP contribution in [0.2, 0.25) is 0 Å². The molecule has 0 spiro atoms. The second-order valence-corrected chi connectivity index (χ2v) is 8.00. The third kappa shape index (κ3) is 4.50. The third-order valence-electron chi connectivity index (χ3n) is 6.08. The van der Waals surface area contributed by atoms with Crippen LogP contribution in [0.15, 0.2) is 48.5 Å². The van der Waals surface area contributed by atoms with E-state index in [-0.39, 0.29) is 18.3 Å². The minimum absolute atomic E-state index is 0.180. The van der Waals surface area contributed by atoms with Gasteiger partial charge >= 0.3 is 6.09 Å². The molecule has 0 N–H and O–H groups in total. The lowest BCUT2D eigenvalue weighted by atomic mass is 9.83. The fraction of sp³-hybridized carbons (Fsp3) is 0.458. The molecule has 2 aromatic carbocycles.